The molecule has 2 fully saturated rings. The molecule has 2 aliphatic heterocycles. The quantitative estimate of drug-likeness (QED) is 0.832. The predicted molar refractivity (Wildman–Crippen MR) is 96.0 cm³/mol. The molecule has 1 unspecified atom stereocenters. The molecule has 0 aromatic heterocycles. The number of likely N-dealkylation sites (tertiary alicyclic amines) is 1. The SMILES string of the molecule is O=C(CCc1ccccc1)N1CCCCCC1CN1CCOCC1. The molecule has 0 saturated carbocycles. The van der Waals surface area contributed by atoms with Crippen molar-refractivity contribution in [3.63, 3.8) is 0 Å². The van der Waals surface area contributed by atoms with E-state index in [1.807, 2.05) is 18.2 Å². The van der Waals surface area contributed by atoms with Gasteiger partial charge in [-0.1, -0.05) is 43.2 Å². The topological polar surface area (TPSA) is 32.8 Å². The molecule has 0 spiro atoms. The molecule has 4 heteroatoms. The second-order valence-corrected chi connectivity index (χ2v) is 6.99. The van der Waals surface area contributed by atoms with Gasteiger partial charge in [0.05, 0.1) is 13.2 Å². The summed E-state index contributed by atoms with van der Waals surface area (Å²) in [7, 11) is 0. The standard InChI is InChI=1S/C20H30N2O2/c23-20(11-10-18-7-3-1-4-8-18)22-12-6-2-5-9-19(22)17-21-13-15-24-16-14-21/h1,3-4,7-8,19H,2,5-6,9-17H2. The third kappa shape index (κ3) is 5.05. The first-order valence-corrected chi connectivity index (χ1v) is 9.46. The normalized spacial score (nSPS) is 23.0. The summed E-state index contributed by atoms with van der Waals surface area (Å²) in [5, 5.41) is 0. The van der Waals surface area contributed by atoms with Crippen molar-refractivity contribution in [2.24, 2.45) is 0 Å². The van der Waals surface area contributed by atoms with Gasteiger partial charge in [-0.25, -0.2) is 0 Å². The molecule has 0 bridgehead atoms. The van der Waals surface area contributed by atoms with Gasteiger partial charge >= 0.3 is 0 Å². The lowest BCUT2D eigenvalue weighted by molar-refractivity contribution is -0.134. The van der Waals surface area contributed by atoms with Gasteiger partial charge in [0.1, 0.15) is 0 Å². The highest BCUT2D eigenvalue weighted by Crippen LogP contribution is 2.20. The van der Waals surface area contributed by atoms with Gasteiger partial charge < -0.3 is 9.64 Å². The highest BCUT2D eigenvalue weighted by Gasteiger charge is 2.27. The average molecular weight is 330 g/mol. The Hall–Kier alpha value is -1.39. The molecule has 3 rings (SSSR count). The van der Waals surface area contributed by atoms with Crippen LogP contribution in [0.2, 0.25) is 0 Å². The highest BCUT2D eigenvalue weighted by atomic mass is 16.5. The molecule has 1 atom stereocenters. The second kappa shape index (κ2) is 9.19. The Morgan fingerprint density at radius 1 is 1.04 bits per heavy atom. The summed E-state index contributed by atoms with van der Waals surface area (Å²) in [6, 6.07) is 10.7. The van der Waals surface area contributed by atoms with Crippen LogP contribution in [0.15, 0.2) is 30.3 Å². The predicted octanol–water partition coefficient (Wildman–Crippen LogP) is 2.72. The van der Waals surface area contributed by atoms with Gasteiger partial charge in [-0.2, -0.15) is 0 Å². The number of hydrogen-bond donors (Lipinski definition) is 0. The van der Waals surface area contributed by atoms with Crippen molar-refractivity contribution in [3.8, 4) is 0 Å². The van der Waals surface area contributed by atoms with Gasteiger partial charge in [-0.05, 0) is 24.8 Å². The first-order valence-electron chi connectivity index (χ1n) is 9.46. The third-order valence-electron chi connectivity index (χ3n) is 5.24. The van der Waals surface area contributed by atoms with Crippen LogP contribution in [0, 0.1) is 0 Å². The second-order valence-electron chi connectivity index (χ2n) is 6.99. The summed E-state index contributed by atoms with van der Waals surface area (Å²) >= 11 is 0. The molecule has 1 aromatic carbocycles. The van der Waals surface area contributed by atoms with Crippen LogP contribution in [0.3, 0.4) is 0 Å². The molecule has 2 heterocycles. The summed E-state index contributed by atoms with van der Waals surface area (Å²) in [6.07, 6.45) is 6.27. The van der Waals surface area contributed by atoms with Gasteiger partial charge in [-0.15, -0.1) is 0 Å². The lowest BCUT2D eigenvalue weighted by atomic mass is 10.1. The number of amides is 1. The van der Waals surface area contributed by atoms with Gasteiger partial charge in [0, 0.05) is 38.6 Å². The van der Waals surface area contributed by atoms with E-state index in [4.69, 9.17) is 4.74 Å². The number of rotatable bonds is 5. The summed E-state index contributed by atoms with van der Waals surface area (Å²) in [4.78, 5) is 17.5. The van der Waals surface area contributed by atoms with Gasteiger partial charge in [0.15, 0.2) is 0 Å². The Morgan fingerprint density at radius 3 is 2.62 bits per heavy atom. The fraction of sp³-hybridized carbons (Fsp3) is 0.650. The third-order valence-corrected chi connectivity index (χ3v) is 5.24. The molecule has 2 saturated heterocycles. The fourth-order valence-corrected chi connectivity index (χ4v) is 3.82. The molecule has 1 aromatic rings. The molecule has 4 nitrogen and oxygen atoms in total. The molecule has 0 aliphatic carbocycles. The zero-order valence-electron chi connectivity index (χ0n) is 14.7. The number of aryl methyl sites for hydroxylation is 1. The van der Waals surface area contributed by atoms with E-state index in [0.29, 0.717) is 18.4 Å². The smallest absolute Gasteiger partial charge is 0.223 e. The van der Waals surface area contributed by atoms with E-state index in [1.54, 1.807) is 0 Å². The Kier molecular flexibility index (Phi) is 6.67. The summed E-state index contributed by atoms with van der Waals surface area (Å²) < 4.78 is 5.45. The van der Waals surface area contributed by atoms with E-state index in [2.05, 4.69) is 21.9 Å². The minimum atomic E-state index is 0.332. The summed E-state index contributed by atoms with van der Waals surface area (Å²) in [5.41, 5.74) is 1.26. The van der Waals surface area contributed by atoms with E-state index in [0.717, 1.165) is 58.7 Å². The number of ether oxygens (including phenoxy) is 1. The number of carbonyl (C=O) groups excluding carboxylic acids is 1. The van der Waals surface area contributed by atoms with Crippen molar-refractivity contribution in [3.05, 3.63) is 35.9 Å². The number of benzene rings is 1. The van der Waals surface area contributed by atoms with E-state index in [9.17, 15) is 4.79 Å². The van der Waals surface area contributed by atoms with E-state index >= 15 is 0 Å². The molecule has 2 aliphatic rings. The molecule has 1 amide bonds. The summed E-state index contributed by atoms with van der Waals surface area (Å²) in [5.74, 6) is 0.332. The fourth-order valence-electron chi connectivity index (χ4n) is 3.82. The largest absolute Gasteiger partial charge is 0.379 e. The van der Waals surface area contributed by atoms with Crippen LogP contribution >= 0.6 is 0 Å². The maximum atomic E-state index is 12.9. The van der Waals surface area contributed by atoms with Crippen molar-refractivity contribution >= 4 is 5.91 Å². The Morgan fingerprint density at radius 2 is 1.83 bits per heavy atom. The molecule has 0 N–H and O–H groups in total. The van der Waals surface area contributed by atoms with Crippen LogP contribution < -0.4 is 0 Å². The molecular formula is C20H30N2O2. The average Bonchev–Trinajstić information content (AvgIpc) is 2.87. The van der Waals surface area contributed by atoms with Crippen molar-refractivity contribution in [1.29, 1.82) is 0 Å². The van der Waals surface area contributed by atoms with Crippen molar-refractivity contribution < 1.29 is 9.53 Å². The Bertz CT molecular complexity index is 500. The van der Waals surface area contributed by atoms with Crippen LogP contribution in [-0.2, 0) is 16.0 Å². The minimum Gasteiger partial charge on any atom is -0.379 e. The van der Waals surface area contributed by atoms with Crippen molar-refractivity contribution in [1.82, 2.24) is 9.80 Å². The number of nitrogens with zero attached hydrogens (tertiary/aromatic N) is 2. The van der Waals surface area contributed by atoms with E-state index < -0.39 is 0 Å². The number of hydrogen-bond acceptors (Lipinski definition) is 3. The van der Waals surface area contributed by atoms with E-state index in [1.165, 1.54) is 18.4 Å². The maximum Gasteiger partial charge on any atom is 0.223 e. The number of morpholine rings is 1. The van der Waals surface area contributed by atoms with Gasteiger partial charge in [0.25, 0.3) is 0 Å². The Labute approximate surface area is 145 Å². The minimum absolute atomic E-state index is 0.332. The molecule has 132 valence electrons. The maximum absolute atomic E-state index is 12.9. The zero-order chi connectivity index (χ0) is 16.6. The van der Waals surface area contributed by atoms with Crippen LogP contribution in [0.5, 0.6) is 0 Å². The summed E-state index contributed by atoms with van der Waals surface area (Å²) in [6.45, 7) is 5.61. The molecule has 0 radical (unpaired) electrons. The lowest BCUT2D eigenvalue weighted by Gasteiger charge is -2.36. The highest BCUT2D eigenvalue weighted by molar-refractivity contribution is 5.76. The van der Waals surface area contributed by atoms with E-state index in [-0.39, 0.29) is 0 Å². The van der Waals surface area contributed by atoms with Crippen molar-refractivity contribution in [2.45, 2.75) is 44.6 Å². The Balaban J connectivity index is 1.57. The van der Waals surface area contributed by atoms with Crippen LogP contribution in [0.25, 0.3) is 0 Å². The first-order chi connectivity index (χ1) is 11.8. The number of carbonyl (C=O) groups is 1. The zero-order valence-corrected chi connectivity index (χ0v) is 14.7. The van der Waals surface area contributed by atoms with Gasteiger partial charge in [-0.3, -0.25) is 9.69 Å². The van der Waals surface area contributed by atoms with Crippen LogP contribution in [-0.4, -0.2) is 61.1 Å². The van der Waals surface area contributed by atoms with Gasteiger partial charge in [0.2, 0.25) is 5.91 Å². The molecule has 24 heavy (non-hydrogen) atoms. The molecular weight excluding hydrogens is 300 g/mol. The van der Waals surface area contributed by atoms with Crippen LogP contribution in [0.4, 0.5) is 0 Å². The lowest BCUT2D eigenvalue weighted by Crippen LogP contribution is -2.49. The first kappa shape index (κ1) is 17.4. The monoisotopic (exact) mass is 330 g/mol. The van der Waals surface area contributed by atoms with Crippen molar-refractivity contribution in [2.75, 3.05) is 39.4 Å². The van der Waals surface area contributed by atoms with Crippen LogP contribution in [0.1, 0.15) is 37.7 Å².